The second kappa shape index (κ2) is 7.98. The van der Waals surface area contributed by atoms with Gasteiger partial charge in [0.05, 0.1) is 12.6 Å². The van der Waals surface area contributed by atoms with Gasteiger partial charge in [-0.3, -0.25) is 4.99 Å². The SMILES string of the molecule is CCNC(=NCC1CCc2nnc(C)n2C1)NC1CCOc2ccccc21. The highest BCUT2D eigenvalue weighted by molar-refractivity contribution is 5.80. The Morgan fingerprint density at radius 3 is 3.07 bits per heavy atom. The molecule has 2 atom stereocenters. The zero-order valence-corrected chi connectivity index (χ0v) is 16.1. The van der Waals surface area contributed by atoms with Crippen molar-refractivity contribution in [1.82, 2.24) is 25.4 Å². The highest BCUT2D eigenvalue weighted by atomic mass is 16.5. The summed E-state index contributed by atoms with van der Waals surface area (Å²) >= 11 is 0. The number of nitrogens with one attached hydrogen (secondary N) is 2. The van der Waals surface area contributed by atoms with Crippen LogP contribution >= 0.6 is 0 Å². The number of aromatic nitrogens is 3. The number of ether oxygens (including phenoxy) is 1. The summed E-state index contributed by atoms with van der Waals surface area (Å²) in [5, 5.41) is 15.4. The average molecular weight is 368 g/mol. The van der Waals surface area contributed by atoms with Crippen LogP contribution in [0.25, 0.3) is 0 Å². The van der Waals surface area contributed by atoms with Crippen molar-refractivity contribution in [3.05, 3.63) is 41.5 Å². The third-order valence-corrected chi connectivity index (χ3v) is 5.35. The van der Waals surface area contributed by atoms with Gasteiger partial charge in [-0.15, -0.1) is 10.2 Å². The first-order valence-electron chi connectivity index (χ1n) is 9.90. The van der Waals surface area contributed by atoms with E-state index in [1.807, 2.05) is 19.1 Å². The largest absolute Gasteiger partial charge is 0.493 e. The third kappa shape index (κ3) is 3.91. The van der Waals surface area contributed by atoms with E-state index in [4.69, 9.17) is 9.73 Å². The van der Waals surface area contributed by atoms with Crippen LogP contribution in [0.4, 0.5) is 0 Å². The fourth-order valence-electron chi connectivity index (χ4n) is 3.88. The molecule has 2 aliphatic heterocycles. The predicted octanol–water partition coefficient (Wildman–Crippen LogP) is 2.23. The third-order valence-electron chi connectivity index (χ3n) is 5.35. The number of benzene rings is 1. The number of guanidine groups is 1. The van der Waals surface area contributed by atoms with Crippen LogP contribution in [-0.4, -0.2) is 40.4 Å². The Hall–Kier alpha value is -2.57. The molecule has 1 aromatic heterocycles. The molecule has 0 fully saturated rings. The summed E-state index contributed by atoms with van der Waals surface area (Å²) in [5.74, 6) is 4.48. The van der Waals surface area contributed by atoms with Gasteiger partial charge in [0, 0.05) is 38.0 Å². The lowest BCUT2D eigenvalue weighted by Crippen LogP contribution is -2.41. The molecule has 1 aromatic carbocycles. The first-order chi connectivity index (χ1) is 13.2. The van der Waals surface area contributed by atoms with Gasteiger partial charge in [-0.1, -0.05) is 18.2 Å². The monoisotopic (exact) mass is 368 g/mol. The number of rotatable bonds is 4. The summed E-state index contributed by atoms with van der Waals surface area (Å²) in [6.45, 7) is 7.45. The highest BCUT2D eigenvalue weighted by Crippen LogP contribution is 2.31. The van der Waals surface area contributed by atoms with Crippen molar-refractivity contribution in [3.8, 4) is 5.75 Å². The van der Waals surface area contributed by atoms with Crippen molar-refractivity contribution in [2.45, 2.75) is 45.7 Å². The molecule has 0 amide bonds. The van der Waals surface area contributed by atoms with E-state index in [-0.39, 0.29) is 6.04 Å². The molecule has 7 nitrogen and oxygen atoms in total. The van der Waals surface area contributed by atoms with Crippen LogP contribution in [0.3, 0.4) is 0 Å². The molecule has 0 radical (unpaired) electrons. The summed E-state index contributed by atoms with van der Waals surface area (Å²) in [5.41, 5.74) is 1.21. The minimum atomic E-state index is 0.228. The maximum Gasteiger partial charge on any atom is 0.191 e. The molecule has 2 aliphatic rings. The lowest BCUT2D eigenvalue weighted by atomic mass is 9.99. The zero-order valence-electron chi connectivity index (χ0n) is 16.1. The molecular formula is C20H28N6O. The Morgan fingerprint density at radius 1 is 1.30 bits per heavy atom. The van der Waals surface area contributed by atoms with Gasteiger partial charge in [0.2, 0.25) is 0 Å². The summed E-state index contributed by atoms with van der Waals surface area (Å²) in [4.78, 5) is 4.89. The molecule has 0 bridgehead atoms. The molecule has 7 heteroatoms. The number of aliphatic imine (C=N–C) groups is 1. The molecule has 2 N–H and O–H groups in total. The van der Waals surface area contributed by atoms with Gasteiger partial charge in [0.25, 0.3) is 0 Å². The fraction of sp³-hybridized carbons (Fsp3) is 0.550. The number of hydrogen-bond acceptors (Lipinski definition) is 4. The zero-order chi connectivity index (χ0) is 18.6. The quantitative estimate of drug-likeness (QED) is 0.639. The standard InChI is InChI=1S/C20H28N6O/c1-3-21-20(23-17-10-11-27-18-7-5-4-6-16(17)18)22-12-15-8-9-19-25-24-14(2)26(19)13-15/h4-7,15,17H,3,8-13H2,1-2H3,(H2,21,22,23). The Labute approximate surface area is 160 Å². The van der Waals surface area contributed by atoms with E-state index in [0.717, 1.165) is 68.9 Å². The van der Waals surface area contributed by atoms with E-state index in [0.29, 0.717) is 5.92 Å². The first kappa shape index (κ1) is 17.8. The lowest BCUT2D eigenvalue weighted by Gasteiger charge is -2.28. The van der Waals surface area contributed by atoms with E-state index < -0.39 is 0 Å². The van der Waals surface area contributed by atoms with Crippen molar-refractivity contribution < 1.29 is 4.74 Å². The summed E-state index contributed by atoms with van der Waals surface area (Å²) in [7, 11) is 0. The molecule has 0 aliphatic carbocycles. The average Bonchev–Trinajstić information content (AvgIpc) is 3.07. The van der Waals surface area contributed by atoms with Crippen molar-refractivity contribution >= 4 is 5.96 Å². The van der Waals surface area contributed by atoms with Crippen LogP contribution in [0.5, 0.6) is 5.75 Å². The van der Waals surface area contributed by atoms with E-state index >= 15 is 0 Å². The molecule has 144 valence electrons. The number of nitrogens with zero attached hydrogens (tertiary/aromatic N) is 4. The maximum absolute atomic E-state index is 5.77. The van der Waals surface area contributed by atoms with Crippen LogP contribution in [-0.2, 0) is 13.0 Å². The Balaban J connectivity index is 1.43. The minimum absolute atomic E-state index is 0.228. The van der Waals surface area contributed by atoms with Gasteiger partial charge in [-0.2, -0.15) is 0 Å². The number of aryl methyl sites for hydroxylation is 2. The van der Waals surface area contributed by atoms with E-state index in [2.05, 4.69) is 44.5 Å². The molecule has 3 heterocycles. The minimum Gasteiger partial charge on any atom is -0.493 e. The molecular weight excluding hydrogens is 340 g/mol. The van der Waals surface area contributed by atoms with Crippen molar-refractivity contribution in [2.75, 3.05) is 19.7 Å². The van der Waals surface area contributed by atoms with E-state index in [9.17, 15) is 0 Å². The number of hydrogen-bond donors (Lipinski definition) is 2. The Morgan fingerprint density at radius 2 is 2.19 bits per heavy atom. The van der Waals surface area contributed by atoms with Gasteiger partial charge in [-0.05, 0) is 32.3 Å². The van der Waals surface area contributed by atoms with Crippen LogP contribution in [0, 0.1) is 12.8 Å². The molecule has 0 saturated carbocycles. The lowest BCUT2D eigenvalue weighted by molar-refractivity contribution is 0.261. The molecule has 2 aromatic rings. The van der Waals surface area contributed by atoms with Gasteiger partial charge in [0.1, 0.15) is 17.4 Å². The normalized spacial score (nSPS) is 21.8. The van der Waals surface area contributed by atoms with Crippen LogP contribution < -0.4 is 15.4 Å². The molecule has 2 unspecified atom stereocenters. The molecule has 27 heavy (non-hydrogen) atoms. The van der Waals surface area contributed by atoms with Gasteiger partial charge >= 0.3 is 0 Å². The fourth-order valence-corrected chi connectivity index (χ4v) is 3.88. The summed E-state index contributed by atoms with van der Waals surface area (Å²) in [6, 6.07) is 8.48. The van der Waals surface area contributed by atoms with Crippen molar-refractivity contribution in [2.24, 2.45) is 10.9 Å². The molecule has 0 spiro atoms. The summed E-state index contributed by atoms with van der Waals surface area (Å²) in [6.07, 6.45) is 3.04. The summed E-state index contributed by atoms with van der Waals surface area (Å²) < 4.78 is 8.01. The first-order valence-corrected chi connectivity index (χ1v) is 9.90. The Bertz CT molecular complexity index is 815. The van der Waals surface area contributed by atoms with Crippen LogP contribution in [0.1, 0.15) is 43.0 Å². The topological polar surface area (TPSA) is 76.4 Å². The molecule has 4 rings (SSSR count). The number of para-hydroxylation sites is 1. The van der Waals surface area contributed by atoms with E-state index in [1.165, 1.54) is 5.56 Å². The second-order valence-corrected chi connectivity index (χ2v) is 7.27. The van der Waals surface area contributed by atoms with Gasteiger partial charge in [0.15, 0.2) is 5.96 Å². The highest BCUT2D eigenvalue weighted by Gasteiger charge is 2.23. The predicted molar refractivity (Wildman–Crippen MR) is 105 cm³/mol. The maximum atomic E-state index is 5.77. The van der Waals surface area contributed by atoms with Crippen LogP contribution in [0.15, 0.2) is 29.3 Å². The van der Waals surface area contributed by atoms with Crippen LogP contribution in [0.2, 0.25) is 0 Å². The molecule has 0 saturated heterocycles. The smallest absolute Gasteiger partial charge is 0.191 e. The van der Waals surface area contributed by atoms with Gasteiger partial charge in [-0.25, -0.2) is 0 Å². The van der Waals surface area contributed by atoms with Gasteiger partial charge < -0.3 is 19.9 Å². The van der Waals surface area contributed by atoms with Crippen molar-refractivity contribution in [1.29, 1.82) is 0 Å². The Kier molecular flexibility index (Phi) is 5.27. The van der Waals surface area contributed by atoms with Crippen molar-refractivity contribution in [3.63, 3.8) is 0 Å². The second-order valence-electron chi connectivity index (χ2n) is 7.27. The number of fused-ring (bicyclic) bond motifs is 2. The van der Waals surface area contributed by atoms with E-state index in [1.54, 1.807) is 0 Å².